The van der Waals surface area contributed by atoms with Gasteiger partial charge in [0.05, 0.1) is 7.11 Å². The van der Waals surface area contributed by atoms with Crippen LogP contribution in [0.3, 0.4) is 0 Å². The van der Waals surface area contributed by atoms with E-state index in [-0.39, 0.29) is 6.04 Å². The first-order valence-corrected chi connectivity index (χ1v) is 10.7. The molecule has 4 aromatic rings. The summed E-state index contributed by atoms with van der Waals surface area (Å²) in [5, 5.41) is 13.5. The van der Waals surface area contributed by atoms with Gasteiger partial charge in [0, 0.05) is 16.7 Å². The maximum atomic E-state index is 13.5. The highest BCUT2D eigenvalue weighted by molar-refractivity contribution is 6.18. The minimum absolute atomic E-state index is 0.372. The maximum absolute atomic E-state index is 13.5. The number of nitrogens with zero attached hydrogens (tertiary/aromatic N) is 1. The Morgan fingerprint density at radius 2 is 1.19 bits per heavy atom. The minimum atomic E-state index is -0.372. The third-order valence-corrected chi connectivity index (χ3v) is 5.86. The average Bonchev–Trinajstić information content (AvgIpc) is 2.86. The number of hydroxylamine groups is 1. The molecule has 0 amide bonds. The summed E-state index contributed by atoms with van der Waals surface area (Å²) in [5.41, 5.74) is 6.87. The van der Waals surface area contributed by atoms with E-state index in [2.05, 4.69) is 24.3 Å². The van der Waals surface area contributed by atoms with Crippen molar-refractivity contribution in [3.63, 3.8) is 0 Å². The van der Waals surface area contributed by atoms with Gasteiger partial charge in [-0.2, -0.15) is 4.74 Å². The molecule has 156 valence electrons. The maximum Gasteiger partial charge on any atom is 0.230 e. The molecule has 1 aliphatic heterocycles. The second-order valence-electron chi connectivity index (χ2n) is 7.74. The molecule has 0 fully saturated rings. The van der Waals surface area contributed by atoms with Crippen molar-refractivity contribution in [3.05, 3.63) is 148 Å². The Kier molecular flexibility index (Phi) is 5.30. The second kappa shape index (κ2) is 8.56. The van der Waals surface area contributed by atoms with Crippen LogP contribution >= 0.6 is 0 Å². The van der Waals surface area contributed by atoms with Crippen molar-refractivity contribution >= 4 is 11.3 Å². The number of hydrogen-bond acceptors (Lipinski definition) is 2. The van der Waals surface area contributed by atoms with E-state index in [0.29, 0.717) is 5.71 Å². The smallest absolute Gasteiger partial charge is 0.230 e. The lowest BCUT2D eigenvalue weighted by atomic mass is 9.78. The summed E-state index contributed by atoms with van der Waals surface area (Å²) >= 11 is 0. The molecule has 3 nitrogen and oxygen atoms in total. The normalized spacial score (nSPS) is 15.3. The first kappa shape index (κ1) is 19.8. The Morgan fingerprint density at radius 1 is 0.688 bits per heavy atom. The molecule has 32 heavy (non-hydrogen) atoms. The monoisotopic (exact) mass is 417 g/mol. The number of hydrogen-bond donors (Lipinski definition) is 0. The predicted octanol–water partition coefficient (Wildman–Crippen LogP) is 6.25. The molecule has 0 bridgehead atoms. The van der Waals surface area contributed by atoms with E-state index in [4.69, 9.17) is 4.74 Å². The first-order valence-electron chi connectivity index (χ1n) is 10.7. The molecule has 1 aliphatic rings. The average molecular weight is 418 g/mol. The van der Waals surface area contributed by atoms with E-state index < -0.39 is 0 Å². The van der Waals surface area contributed by atoms with Gasteiger partial charge in [-0.3, -0.25) is 0 Å². The summed E-state index contributed by atoms with van der Waals surface area (Å²) in [4.78, 5) is 0. The minimum Gasteiger partial charge on any atom is -0.623 e. The fourth-order valence-electron chi connectivity index (χ4n) is 4.34. The molecule has 1 atom stereocenters. The van der Waals surface area contributed by atoms with Crippen molar-refractivity contribution in [1.29, 1.82) is 0 Å². The van der Waals surface area contributed by atoms with Crippen molar-refractivity contribution in [1.82, 2.24) is 0 Å². The van der Waals surface area contributed by atoms with Crippen molar-refractivity contribution in [3.8, 4) is 5.75 Å². The van der Waals surface area contributed by atoms with Gasteiger partial charge < -0.3 is 9.94 Å². The molecule has 5 rings (SSSR count). The Labute approximate surface area is 188 Å². The van der Waals surface area contributed by atoms with Crippen LogP contribution in [0.5, 0.6) is 5.75 Å². The Hall–Kier alpha value is -4.11. The van der Waals surface area contributed by atoms with Crippen molar-refractivity contribution in [2.24, 2.45) is 0 Å². The van der Waals surface area contributed by atoms with Gasteiger partial charge in [0.2, 0.25) is 11.8 Å². The van der Waals surface area contributed by atoms with E-state index in [9.17, 15) is 5.21 Å². The summed E-state index contributed by atoms with van der Waals surface area (Å²) in [7, 11) is 1.64. The van der Waals surface area contributed by atoms with Gasteiger partial charge in [0.25, 0.3) is 0 Å². The largest absolute Gasteiger partial charge is 0.623 e. The fourth-order valence-corrected chi connectivity index (χ4v) is 4.34. The zero-order valence-corrected chi connectivity index (χ0v) is 17.8. The zero-order valence-electron chi connectivity index (χ0n) is 17.8. The van der Waals surface area contributed by atoms with Crippen LogP contribution in [0.4, 0.5) is 0 Å². The van der Waals surface area contributed by atoms with E-state index >= 15 is 0 Å². The molecule has 1 heterocycles. The number of benzene rings is 4. The van der Waals surface area contributed by atoms with Crippen LogP contribution in [0.2, 0.25) is 0 Å². The molecular formula is C29H23NO2. The van der Waals surface area contributed by atoms with Gasteiger partial charge in [0.15, 0.2) is 0 Å². The Bertz CT molecular complexity index is 1230. The topological polar surface area (TPSA) is 35.3 Å². The molecule has 1 unspecified atom stereocenters. The van der Waals surface area contributed by atoms with E-state index in [1.54, 1.807) is 7.11 Å². The van der Waals surface area contributed by atoms with Crippen molar-refractivity contribution < 1.29 is 9.48 Å². The number of rotatable bonds is 5. The predicted molar refractivity (Wildman–Crippen MR) is 129 cm³/mol. The van der Waals surface area contributed by atoms with Gasteiger partial charge >= 0.3 is 0 Å². The van der Waals surface area contributed by atoms with Crippen LogP contribution < -0.4 is 4.74 Å². The molecular weight excluding hydrogens is 394 g/mol. The molecule has 3 heteroatoms. The van der Waals surface area contributed by atoms with Crippen LogP contribution in [0.1, 0.15) is 28.3 Å². The highest BCUT2D eigenvalue weighted by Crippen LogP contribution is 2.43. The summed E-state index contributed by atoms with van der Waals surface area (Å²) in [6, 6.07) is 37.9. The quantitative estimate of drug-likeness (QED) is 0.284. The number of methoxy groups -OCH3 is 1. The Balaban J connectivity index is 1.80. The molecule has 0 spiro atoms. The lowest BCUT2D eigenvalue weighted by Gasteiger charge is -2.33. The highest BCUT2D eigenvalue weighted by atomic mass is 16.5. The van der Waals surface area contributed by atoms with Gasteiger partial charge in [-0.1, -0.05) is 91.0 Å². The van der Waals surface area contributed by atoms with Gasteiger partial charge in [-0.15, -0.1) is 0 Å². The zero-order chi connectivity index (χ0) is 21.9. The third-order valence-electron chi connectivity index (χ3n) is 5.86. The lowest BCUT2D eigenvalue weighted by Crippen LogP contribution is -2.39. The van der Waals surface area contributed by atoms with E-state index in [0.717, 1.165) is 43.9 Å². The summed E-state index contributed by atoms with van der Waals surface area (Å²) < 4.78 is 6.46. The fraction of sp³-hybridized carbons (Fsp3) is 0.0690. The SMILES string of the molecule is COc1ccc(C2=[N+]([O-])C(c3ccccc3)C2=C(c2ccccc2)c2ccccc2)cc1. The molecule has 0 saturated heterocycles. The molecule has 4 aromatic carbocycles. The van der Waals surface area contributed by atoms with Gasteiger partial charge in [-0.25, -0.2) is 0 Å². The van der Waals surface area contributed by atoms with Crippen LogP contribution in [-0.2, 0) is 0 Å². The highest BCUT2D eigenvalue weighted by Gasteiger charge is 2.45. The molecule has 0 saturated carbocycles. The summed E-state index contributed by atoms with van der Waals surface area (Å²) in [5.74, 6) is 0.766. The van der Waals surface area contributed by atoms with Gasteiger partial charge in [-0.05, 0) is 35.4 Å². The van der Waals surface area contributed by atoms with Crippen molar-refractivity contribution in [2.45, 2.75) is 6.04 Å². The molecule has 0 aromatic heterocycles. The summed E-state index contributed by atoms with van der Waals surface area (Å²) in [6.45, 7) is 0. The van der Waals surface area contributed by atoms with Crippen LogP contribution in [-0.4, -0.2) is 17.6 Å². The van der Waals surface area contributed by atoms with Crippen LogP contribution in [0.25, 0.3) is 5.57 Å². The summed E-state index contributed by atoms with van der Waals surface area (Å²) in [6.07, 6.45) is 0. The van der Waals surface area contributed by atoms with E-state index in [1.165, 1.54) is 0 Å². The second-order valence-corrected chi connectivity index (χ2v) is 7.74. The lowest BCUT2D eigenvalue weighted by molar-refractivity contribution is -0.516. The van der Waals surface area contributed by atoms with E-state index in [1.807, 2.05) is 91.0 Å². The first-order chi connectivity index (χ1) is 15.8. The molecule has 0 N–H and O–H groups in total. The van der Waals surface area contributed by atoms with Gasteiger partial charge in [0.1, 0.15) is 11.3 Å². The molecule has 0 aliphatic carbocycles. The standard InChI is InChI=1S/C29H23NO2/c1-32-25-19-17-24(18-20-25)29-27(28(30(29)31)23-15-9-4-10-16-23)26(21-11-5-2-6-12-21)22-13-7-3-8-14-22/h2-20,28H,1H3. The van der Waals surface area contributed by atoms with Crippen LogP contribution in [0, 0.1) is 5.21 Å². The molecule has 0 radical (unpaired) electrons. The third kappa shape index (κ3) is 3.48. The number of ether oxygens (including phenoxy) is 1. The Morgan fingerprint density at radius 3 is 1.69 bits per heavy atom. The van der Waals surface area contributed by atoms with Crippen molar-refractivity contribution in [2.75, 3.05) is 7.11 Å². The van der Waals surface area contributed by atoms with Crippen LogP contribution in [0.15, 0.2) is 121 Å².